The molecule has 0 aliphatic heterocycles. The number of rotatable bonds is 5. The molecule has 1 unspecified atom stereocenters. The predicted molar refractivity (Wildman–Crippen MR) is 70.8 cm³/mol. The first kappa shape index (κ1) is 12.7. The van der Waals surface area contributed by atoms with Crippen molar-refractivity contribution >= 4 is 0 Å². The Bertz CT molecular complexity index is 350. The van der Waals surface area contributed by atoms with Crippen molar-refractivity contribution in [1.29, 1.82) is 0 Å². The van der Waals surface area contributed by atoms with Crippen LogP contribution in [0.15, 0.2) is 22.8 Å². The van der Waals surface area contributed by atoms with E-state index in [1.807, 2.05) is 6.07 Å². The van der Waals surface area contributed by atoms with Crippen molar-refractivity contribution in [2.24, 2.45) is 16.7 Å². The van der Waals surface area contributed by atoms with Gasteiger partial charge in [0.25, 0.3) is 0 Å². The Morgan fingerprint density at radius 3 is 2.35 bits per heavy atom. The van der Waals surface area contributed by atoms with Crippen LogP contribution in [0.25, 0.3) is 0 Å². The first-order chi connectivity index (χ1) is 7.91. The fourth-order valence-corrected chi connectivity index (χ4v) is 3.04. The second-order valence-electron chi connectivity index (χ2n) is 6.38. The van der Waals surface area contributed by atoms with Gasteiger partial charge in [0.2, 0.25) is 0 Å². The van der Waals surface area contributed by atoms with Crippen molar-refractivity contribution in [3.63, 3.8) is 0 Å². The van der Waals surface area contributed by atoms with Gasteiger partial charge in [-0.1, -0.05) is 34.6 Å². The standard InChI is InChI=1S/C15H25NO/c1-6-11(12-8-7-9-17-12)16-10-13-14(2,3)15(13,4)5/h7-9,11,13,16H,6,10H2,1-5H3. The molecule has 1 aliphatic carbocycles. The molecule has 2 rings (SSSR count). The average molecular weight is 235 g/mol. The zero-order valence-electron chi connectivity index (χ0n) is 11.7. The van der Waals surface area contributed by atoms with E-state index >= 15 is 0 Å². The highest BCUT2D eigenvalue weighted by molar-refractivity contribution is 5.13. The molecule has 0 radical (unpaired) electrons. The van der Waals surface area contributed by atoms with Gasteiger partial charge >= 0.3 is 0 Å². The lowest BCUT2D eigenvalue weighted by molar-refractivity contribution is 0.386. The van der Waals surface area contributed by atoms with Gasteiger partial charge in [0, 0.05) is 0 Å². The maximum Gasteiger partial charge on any atom is 0.120 e. The van der Waals surface area contributed by atoms with Crippen molar-refractivity contribution in [1.82, 2.24) is 5.32 Å². The van der Waals surface area contributed by atoms with E-state index in [1.54, 1.807) is 6.26 Å². The van der Waals surface area contributed by atoms with Crippen molar-refractivity contribution in [2.75, 3.05) is 6.54 Å². The van der Waals surface area contributed by atoms with Crippen molar-refractivity contribution in [3.05, 3.63) is 24.2 Å². The molecule has 2 nitrogen and oxygen atoms in total. The Morgan fingerprint density at radius 1 is 1.29 bits per heavy atom. The molecule has 0 bridgehead atoms. The summed E-state index contributed by atoms with van der Waals surface area (Å²) >= 11 is 0. The van der Waals surface area contributed by atoms with Crippen LogP contribution in [0.4, 0.5) is 0 Å². The van der Waals surface area contributed by atoms with Gasteiger partial charge in [-0.25, -0.2) is 0 Å². The van der Waals surface area contributed by atoms with Gasteiger partial charge in [0.1, 0.15) is 5.76 Å². The van der Waals surface area contributed by atoms with E-state index in [0.29, 0.717) is 16.9 Å². The minimum absolute atomic E-state index is 0.359. The van der Waals surface area contributed by atoms with Crippen LogP contribution < -0.4 is 5.32 Å². The molecule has 0 spiro atoms. The Kier molecular flexibility index (Phi) is 3.11. The largest absolute Gasteiger partial charge is 0.468 e. The van der Waals surface area contributed by atoms with Gasteiger partial charge in [0.15, 0.2) is 0 Å². The summed E-state index contributed by atoms with van der Waals surface area (Å²) in [6.45, 7) is 12.8. The molecule has 1 N–H and O–H groups in total. The van der Waals surface area contributed by atoms with E-state index < -0.39 is 0 Å². The highest BCUT2D eigenvalue weighted by Gasteiger charge is 2.63. The van der Waals surface area contributed by atoms with Crippen LogP contribution in [0.2, 0.25) is 0 Å². The maximum absolute atomic E-state index is 5.48. The summed E-state index contributed by atoms with van der Waals surface area (Å²) in [6, 6.07) is 4.38. The second kappa shape index (κ2) is 4.16. The van der Waals surface area contributed by atoms with Crippen LogP contribution in [0.1, 0.15) is 52.8 Å². The summed E-state index contributed by atoms with van der Waals surface area (Å²) in [5.41, 5.74) is 0.920. The summed E-state index contributed by atoms with van der Waals surface area (Å²) < 4.78 is 5.48. The van der Waals surface area contributed by atoms with Crippen molar-refractivity contribution in [3.8, 4) is 0 Å². The first-order valence-electron chi connectivity index (χ1n) is 6.68. The Morgan fingerprint density at radius 2 is 1.94 bits per heavy atom. The molecule has 17 heavy (non-hydrogen) atoms. The molecular formula is C15H25NO. The molecule has 2 heteroatoms. The molecule has 1 heterocycles. The number of hydrogen-bond donors (Lipinski definition) is 1. The van der Waals surface area contributed by atoms with Crippen LogP contribution in [-0.4, -0.2) is 6.54 Å². The topological polar surface area (TPSA) is 25.2 Å². The predicted octanol–water partition coefficient (Wildman–Crippen LogP) is 4.00. The van der Waals surface area contributed by atoms with E-state index in [2.05, 4.69) is 46.0 Å². The maximum atomic E-state index is 5.48. The summed E-state index contributed by atoms with van der Waals surface area (Å²) in [6.07, 6.45) is 2.83. The molecule has 1 fully saturated rings. The molecule has 0 aromatic carbocycles. The summed E-state index contributed by atoms with van der Waals surface area (Å²) in [5.74, 6) is 1.82. The van der Waals surface area contributed by atoms with E-state index in [0.717, 1.165) is 24.6 Å². The Balaban J connectivity index is 1.91. The summed E-state index contributed by atoms with van der Waals surface area (Å²) in [5, 5.41) is 3.65. The van der Waals surface area contributed by atoms with Crippen LogP contribution in [0.5, 0.6) is 0 Å². The minimum atomic E-state index is 0.359. The third-order valence-corrected chi connectivity index (χ3v) is 5.18. The number of nitrogens with one attached hydrogen (secondary N) is 1. The molecule has 96 valence electrons. The lowest BCUT2D eigenvalue weighted by atomic mass is 10.0. The van der Waals surface area contributed by atoms with E-state index in [4.69, 9.17) is 4.42 Å². The SMILES string of the molecule is CCC(NCC1C(C)(C)C1(C)C)c1ccco1. The average Bonchev–Trinajstić information content (AvgIpc) is 2.68. The van der Waals surface area contributed by atoms with Crippen LogP contribution in [0, 0.1) is 16.7 Å². The molecule has 1 atom stereocenters. The van der Waals surface area contributed by atoms with Crippen molar-refractivity contribution in [2.45, 2.75) is 47.1 Å². The molecule has 1 aromatic rings. The van der Waals surface area contributed by atoms with Gasteiger partial charge in [-0.3, -0.25) is 0 Å². The third kappa shape index (κ3) is 2.03. The number of furan rings is 1. The van der Waals surface area contributed by atoms with Gasteiger partial charge in [0.05, 0.1) is 12.3 Å². The zero-order chi connectivity index (χ0) is 12.7. The van der Waals surface area contributed by atoms with E-state index in [-0.39, 0.29) is 0 Å². The molecule has 1 aromatic heterocycles. The highest BCUT2D eigenvalue weighted by atomic mass is 16.3. The smallest absolute Gasteiger partial charge is 0.120 e. The van der Waals surface area contributed by atoms with Gasteiger partial charge < -0.3 is 9.73 Å². The quantitative estimate of drug-likeness (QED) is 0.834. The summed E-state index contributed by atoms with van der Waals surface area (Å²) in [4.78, 5) is 0. The van der Waals surface area contributed by atoms with Gasteiger partial charge in [-0.15, -0.1) is 0 Å². The summed E-state index contributed by atoms with van der Waals surface area (Å²) in [7, 11) is 0. The van der Waals surface area contributed by atoms with E-state index in [1.165, 1.54) is 0 Å². The minimum Gasteiger partial charge on any atom is -0.468 e. The molecule has 0 amide bonds. The second-order valence-corrected chi connectivity index (χ2v) is 6.38. The van der Waals surface area contributed by atoms with Crippen molar-refractivity contribution < 1.29 is 4.42 Å². The van der Waals surface area contributed by atoms with Crippen LogP contribution >= 0.6 is 0 Å². The highest BCUT2D eigenvalue weighted by Crippen LogP contribution is 2.68. The lowest BCUT2D eigenvalue weighted by Gasteiger charge is -2.15. The Hall–Kier alpha value is -0.760. The fraction of sp³-hybridized carbons (Fsp3) is 0.733. The molecule has 1 aliphatic rings. The van der Waals surface area contributed by atoms with Gasteiger partial charge in [-0.2, -0.15) is 0 Å². The van der Waals surface area contributed by atoms with E-state index in [9.17, 15) is 0 Å². The third-order valence-electron chi connectivity index (χ3n) is 5.18. The number of hydrogen-bond acceptors (Lipinski definition) is 2. The van der Waals surface area contributed by atoms with Gasteiger partial charge in [-0.05, 0) is 41.8 Å². The zero-order valence-corrected chi connectivity index (χ0v) is 11.7. The molecular weight excluding hydrogens is 210 g/mol. The van der Waals surface area contributed by atoms with Crippen LogP contribution in [0.3, 0.4) is 0 Å². The Labute approximate surface area is 105 Å². The molecule has 1 saturated carbocycles. The lowest BCUT2D eigenvalue weighted by Crippen LogP contribution is -2.24. The fourth-order valence-electron chi connectivity index (χ4n) is 3.04. The molecule has 0 saturated heterocycles. The normalized spacial score (nSPS) is 23.6. The monoisotopic (exact) mass is 235 g/mol. The van der Waals surface area contributed by atoms with Crippen LogP contribution in [-0.2, 0) is 0 Å². The first-order valence-corrected chi connectivity index (χ1v) is 6.68.